The van der Waals surface area contributed by atoms with E-state index in [0.717, 1.165) is 16.5 Å². The average Bonchev–Trinajstić information content (AvgIpc) is 3.01. The largest absolute Gasteiger partial charge is 0.461 e. The first kappa shape index (κ1) is 26.3. The van der Waals surface area contributed by atoms with E-state index in [1.807, 2.05) is 37.3 Å². The summed E-state index contributed by atoms with van der Waals surface area (Å²) in [5, 5.41) is -0.0676. The smallest absolute Gasteiger partial charge is 0.356 e. The highest BCUT2D eigenvalue weighted by Gasteiger charge is 2.59. The molecule has 8 heteroatoms. The lowest BCUT2D eigenvalue weighted by Gasteiger charge is -2.48. The monoisotopic (exact) mass is 505 g/mol. The normalized spacial score (nSPS) is 22.2. The Balaban J connectivity index is 1.83. The first-order chi connectivity index (χ1) is 15.1. The van der Waals surface area contributed by atoms with Crippen LogP contribution in [0.4, 0.5) is 0 Å². The number of nitrogens with zero attached hydrogens (tertiary/aromatic N) is 1. The first-order valence-electron chi connectivity index (χ1n) is 11.8. The molecule has 0 aromatic heterocycles. The molecule has 0 bridgehead atoms. The third-order valence-corrected chi connectivity index (χ3v) is 14.6. The zero-order chi connectivity index (χ0) is 24.8. The number of benzene rings is 1. The number of ether oxygens (including phenoxy) is 1. The average molecular weight is 506 g/mol. The quantitative estimate of drug-likeness (QED) is 0.240. The molecular weight excluding hydrogens is 467 g/mol. The number of esters is 1. The van der Waals surface area contributed by atoms with E-state index in [9.17, 15) is 9.59 Å². The molecule has 1 unspecified atom stereocenters. The molecule has 0 saturated carbocycles. The summed E-state index contributed by atoms with van der Waals surface area (Å²) >= 11 is 1.59. The van der Waals surface area contributed by atoms with E-state index in [1.165, 1.54) is 0 Å². The summed E-state index contributed by atoms with van der Waals surface area (Å²) in [6.07, 6.45) is -0.202. The minimum absolute atomic E-state index is 0.0400. The second-order valence-electron chi connectivity index (χ2n) is 11.8. The van der Waals surface area contributed by atoms with Crippen molar-refractivity contribution in [2.45, 2.75) is 83.0 Å². The van der Waals surface area contributed by atoms with Gasteiger partial charge in [0.05, 0.1) is 18.6 Å². The number of fused-ring (bicyclic) bond motifs is 1. The maximum Gasteiger partial charge on any atom is 0.356 e. The number of carbonyl (C=O) groups excluding carboxylic acids is 2. The van der Waals surface area contributed by atoms with Crippen molar-refractivity contribution in [3.63, 3.8) is 0 Å². The van der Waals surface area contributed by atoms with Crippen LogP contribution in [0.3, 0.4) is 0 Å². The number of β-lactam (4-membered cyclic amide) rings is 1. The molecule has 2 aliphatic heterocycles. The Bertz CT molecular complexity index is 934. The van der Waals surface area contributed by atoms with Crippen molar-refractivity contribution in [1.29, 1.82) is 0 Å². The highest BCUT2D eigenvalue weighted by molar-refractivity contribution is 8.09. The molecule has 1 fully saturated rings. The van der Waals surface area contributed by atoms with Gasteiger partial charge in [0.2, 0.25) is 5.91 Å². The highest BCUT2D eigenvalue weighted by Crippen LogP contribution is 2.54. The van der Waals surface area contributed by atoms with Crippen LogP contribution in [0.25, 0.3) is 4.91 Å². The van der Waals surface area contributed by atoms with E-state index in [1.54, 1.807) is 16.7 Å². The zero-order valence-corrected chi connectivity index (χ0v) is 24.3. The van der Waals surface area contributed by atoms with Gasteiger partial charge in [0, 0.05) is 13.0 Å². The first-order valence-corrected chi connectivity index (χ1v) is 19.3. The lowest BCUT2D eigenvalue weighted by atomic mass is 9.92. The topological polar surface area (TPSA) is 55.8 Å². The number of thioether (sulfide) groups is 1. The Morgan fingerprint density at radius 2 is 1.73 bits per heavy atom. The second-order valence-corrected chi connectivity index (χ2v) is 23.3. The zero-order valence-electron chi connectivity index (χ0n) is 21.5. The summed E-state index contributed by atoms with van der Waals surface area (Å²) in [6, 6.07) is 10.7. The van der Waals surface area contributed by atoms with Crippen molar-refractivity contribution in [1.82, 2.24) is 4.90 Å². The summed E-state index contributed by atoms with van der Waals surface area (Å²) < 4.78 is 12.3. The molecule has 3 rings (SSSR count). The van der Waals surface area contributed by atoms with Crippen molar-refractivity contribution in [2.75, 3.05) is 6.61 Å². The predicted molar refractivity (Wildman–Crippen MR) is 142 cm³/mol. The van der Waals surface area contributed by atoms with Crippen LogP contribution in [0.2, 0.25) is 43.8 Å². The van der Waals surface area contributed by atoms with Crippen molar-refractivity contribution >= 4 is 44.9 Å². The lowest BCUT2D eigenvalue weighted by molar-refractivity contribution is -0.157. The molecule has 1 aromatic carbocycles. The van der Waals surface area contributed by atoms with Gasteiger partial charge >= 0.3 is 5.97 Å². The molecule has 182 valence electrons. The lowest BCUT2D eigenvalue weighted by Crippen LogP contribution is -2.62. The third kappa shape index (κ3) is 5.49. The van der Waals surface area contributed by atoms with Gasteiger partial charge in [-0.3, -0.25) is 9.69 Å². The van der Waals surface area contributed by atoms with Crippen molar-refractivity contribution < 1.29 is 18.8 Å². The fourth-order valence-electron chi connectivity index (χ4n) is 3.79. The Hall–Kier alpha value is -1.36. The molecule has 0 spiro atoms. The molecule has 5 nitrogen and oxygen atoms in total. The van der Waals surface area contributed by atoms with Crippen molar-refractivity contribution in [2.24, 2.45) is 5.92 Å². The molecule has 3 atom stereocenters. The molecule has 1 aromatic rings. The summed E-state index contributed by atoms with van der Waals surface area (Å²) in [7, 11) is -3.35. The van der Waals surface area contributed by atoms with Gasteiger partial charge in [-0.25, -0.2) is 4.79 Å². The molecule has 2 aliphatic rings. The number of hydrogen-bond donors (Lipinski definition) is 0. The van der Waals surface area contributed by atoms with Crippen LogP contribution in [0.15, 0.2) is 36.0 Å². The Morgan fingerprint density at radius 1 is 1.12 bits per heavy atom. The number of amides is 1. The number of rotatable bonds is 8. The molecule has 1 saturated heterocycles. The van der Waals surface area contributed by atoms with E-state index in [0.29, 0.717) is 12.3 Å². The van der Waals surface area contributed by atoms with E-state index >= 15 is 0 Å². The number of hydrogen-bond acceptors (Lipinski definition) is 5. The molecule has 0 radical (unpaired) electrons. The van der Waals surface area contributed by atoms with Gasteiger partial charge in [0.25, 0.3) is 0 Å². The minimum atomic E-state index is -2.02. The standard InChI is InChI=1S/C25H39NO4SSi2/c1-17(30-33(8,9)25(2,3)4)19-22(27)26-20(24(28)29-15-16-32(5,6)7)21(31-23(19)26)18-13-11-10-12-14-18/h10-14,17,19,23H,15-16H2,1-9H3/t17-,19+,23?/m1/s1. The van der Waals surface area contributed by atoms with Crippen LogP contribution in [0.1, 0.15) is 33.3 Å². The summed E-state index contributed by atoms with van der Waals surface area (Å²) in [5.74, 6) is -0.705. The molecule has 33 heavy (non-hydrogen) atoms. The Labute approximate surface area is 205 Å². The maximum absolute atomic E-state index is 13.4. The van der Waals surface area contributed by atoms with Crippen LogP contribution in [-0.2, 0) is 18.8 Å². The van der Waals surface area contributed by atoms with Crippen molar-refractivity contribution in [3.05, 3.63) is 41.6 Å². The van der Waals surface area contributed by atoms with Gasteiger partial charge < -0.3 is 9.16 Å². The molecule has 1 amide bonds. The molecule has 0 aliphatic carbocycles. The van der Waals surface area contributed by atoms with Gasteiger partial charge in [0.1, 0.15) is 11.1 Å². The fraction of sp³-hybridized carbons (Fsp3) is 0.600. The molecule has 2 heterocycles. The highest BCUT2D eigenvalue weighted by atomic mass is 32.2. The predicted octanol–water partition coefficient (Wildman–Crippen LogP) is 6.18. The summed E-state index contributed by atoms with van der Waals surface area (Å²) in [6.45, 7) is 20.2. The summed E-state index contributed by atoms with van der Waals surface area (Å²) in [4.78, 5) is 29.0. The molecule has 0 N–H and O–H groups in total. The van der Waals surface area contributed by atoms with Gasteiger partial charge in [0.15, 0.2) is 8.32 Å². The van der Waals surface area contributed by atoms with E-state index in [-0.39, 0.29) is 28.3 Å². The third-order valence-electron chi connectivity index (χ3n) is 6.89. The second kappa shape index (κ2) is 9.36. The van der Waals surface area contributed by atoms with Gasteiger partial charge in [-0.05, 0) is 36.7 Å². The number of carbonyl (C=O) groups is 2. The Kier molecular flexibility index (Phi) is 7.44. The fourth-order valence-corrected chi connectivity index (χ4v) is 7.54. The van der Waals surface area contributed by atoms with Crippen molar-refractivity contribution in [3.8, 4) is 0 Å². The van der Waals surface area contributed by atoms with Gasteiger partial charge in [-0.1, -0.05) is 82.5 Å². The van der Waals surface area contributed by atoms with E-state index in [2.05, 4.69) is 53.5 Å². The van der Waals surface area contributed by atoms with Gasteiger partial charge in [-0.15, -0.1) is 0 Å². The SMILES string of the molecule is C[C@@H](O[Si](C)(C)C(C)(C)C)[C@H]1C(=O)N2C(C(=O)OCC[Si](C)(C)C)=C(c3ccccc3)SC12. The van der Waals surface area contributed by atoms with Crippen LogP contribution < -0.4 is 0 Å². The van der Waals surface area contributed by atoms with Crippen LogP contribution in [0.5, 0.6) is 0 Å². The van der Waals surface area contributed by atoms with Crippen LogP contribution in [-0.4, -0.2) is 51.3 Å². The van der Waals surface area contributed by atoms with Crippen LogP contribution >= 0.6 is 11.8 Å². The Morgan fingerprint density at radius 3 is 2.27 bits per heavy atom. The van der Waals surface area contributed by atoms with E-state index < -0.39 is 22.4 Å². The minimum Gasteiger partial charge on any atom is -0.461 e. The maximum atomic E-state index is 13.4. The summed E-state index contributed by atoms with van der Waals surface area (Å²) in [5.41, 5.74) is 1.34. The molecular formula is C25H39NO4SSi2. The van der Waals surface area contributed by atoms with Crippen LogP contribution in [0, 0.1) is 5.92 Å². The van der Waals surface area contributed by atoms with Gasteiger partial charge in [-0.2, -0.15) is 0 Å². The van der Waals surface area contributed by atoms with E-state index in [4.69, 9.17) is 9.16 Å².